The van der Waals surface area contributed by atoms with Crippen molar-refractivity contribution in [1.82, 2.24) is 0 Å². The van der Waals surface area contributed by atoms with Gasteiger partial charge in [-0.2, -0.15) is 0 Å². The number of amides is 1. The second-order valence-corrected chi connectivity index (χ2v) is 6.09. The maximum atomic E-state index is 12.7. The van der Waals surface area contributed by atoms with Crippen molar-refractivity contribution in [1.29, 1.82) is 0 Å². The van der Waals surface area contributed by atoms with Gasteiger partial charge < -0.3 is 5.32 Å². The van der Waals surface area contributed by atoms with E-state index in [1.807, 2.05) is 96.4 Å². The number of rotatable bonds is 5. The van der Waals surface area contributed by atoms with Crippen molar-refractivity contribution < 1.29 is 4.79 Å². The molecule has 0 radical (unpaired) electrons. The van der Waals surface area contributed by atoms with E-state index >= 15 is 0 Å². The van der Waals surface area contributed by atoms with Crippen molar-refractivity contribution in [2.45, 2.75) is 4.90 Å². The van der Waals surface area contributed by atoms with Crippen LogP contribution in [0.2, 0.25) is 0 Å². The van der Waals surface area contributed by atoms with Crippen molar-refractivity contribution in [3.05, 3.63) is 102 Å². The number of hydrogen-bond acceptors (Lipinski definition) is 2. The highest BCUT2D eigenvalue weighted by Crippen LogP contribution is 2.25. The lowest BCUT2D eigenvalue weighted by atomic mass is 10.1. The van der Waals surface area contributed by atoms with Gasteiger partial charge in [0.05, 0.1) is 5.57 Å². The SMILES string of the molecule is O=C(Nc1ccccc1)/C(=C/Sc1ccccc1)c1ccccc1. The van der Waals surface area contributed by atoms with Crippen LogP contribution in [-0.2, 0) is 4.79 Å². The van der Waals surface area contributed by atoms with Crippen LogP contribution in [0.25, 0.3) is 5.57 Å². The van der Waals surface area contributed by atoms with E-state index in [2.05, 4.69) is 5.32 Å². The molecule has 3 heteroatoms. The minimum Gasteiger partial charge on any atom is -0.322 e. The Morgan fingerprint density at radius 2 is 1.29 bits per heavy atom. The van der Waals surface area contributed by atoms with Gasteiger partial charge in [0.1, 0.15) is 0 Å². The molecule has 0 aromatic heterocycles. The molecule has 118 valence electrons. The van der Waals surface area contributed by atoms with E-state index in [-0.39, 0.29) is 5.91 Å². The molecule has 0 aliphatic carbocycles. The van der Waals surface area contributed by atoms with E-state index in [0.29, 0.717) is 5.57 Å². The van der Waals surface area contributed by atoms with Gasteiger partial charge in [-0.05, 0) is 35.2 Å². The summed E-state index contributed by atoms with van der Waals surface area (Å²) < 4.78 is 0. The lowest BCUT2D eigenvalue weighted by molar-refractivity contribution is -0.111. The molecule has 0 aliphatic heterocycles. The third-order valence-corrected chi connectivity index (χ3v) is 4.32. The van der Waals surface area contributed by atoms with Gasteiger partial charge in [0.15, 0.2) is 0 Å². The van der Waals surface area contributed by atoms with Crippen molar-refractivity contribution in [2.75, 3.05) is 5.32 Å². The highest BCUT2D eigenvalue weighted by molar-refractivity contribution is 8.02. The number of carbonyl (C=O) groups is 1. The molecule has 3 aromatic carbocycles. The van der Waals surface area contributed by atoms with Crippen molar-refractivity contribution >= 4 is 28.9 Å². The fourth-order valence-electron chi connectivity index (χ4n) is 2.22. The first-order chi connectivity index (χ1) is 11.8. The average Bonchev–Trinajstić information content (AvgIpc) is 2.64. The van der Waals surface area contributed by atoms with Crippen LogP contribution in [-0.4, -0.2) is 5.91 Å². The number of anilines is 1. The summed E-state index contributed by atoms with van der Waals surface area (Å²) in [5.41, 5.74) is 2.33. The van der Waals surface area contributed by atoms with Crippen LogP contribution in [0.3, 0.4) is 0 Å². The topological polar surface area (TPSA) is 29.1 Å². The lowest BCUT2D eigenvalue weighted by Gasteiger charge is -2.09. The summed E-state index contributed by atoms with van der Waals surface area (Å²) in [4.78, 5) is 13.8. The molecule has 0 saturated heterocycles. The highest BCUT2D eigenvalue weighted by atomic mass is 32.2. The molecule has 3 aromatic rings. The Bertz CT molecular complexity index is 814. The summed E-state index contributed by atoms with van der Waals surface area (Å²) in [6, 6.07) is 29.2. The van der Waals surface area contributed by atoms with Crippen LogP contribution in [0.4, 0.5) is 5.69 Å². The summed E-state index contributed by atoms with van der Waals surface area (Å²) in [7, 11) is 0. The minimum absolute atomic E-state index is 0.115. The molecule has 0 saturated carbocycles. The molecule has 0 aliphatic rings. The second kappa shape index (κ2) is 8.18. The fraction of sp³-hybridized carbons (Fsp3) is 0. The van der Waals surface area contributed by atoms with Gasteiger partial charge in [-0.3, -0.25) is 4.79 Å². The van der Waals surface area contributed by atoms with Crippen molar-refractivity contribution in [3.63, 3.8) is 0 Å². The van der Waals surface area contributed by atoms with E-state index < -0.39 is 0 Å². The van der Waals surface area contributed by atoms with Crippen molar-refractivity contribution in [3.8, 4) is 0 Å². The minimum atomic E-state index is -0.115. The molecule has 0 atom stereocenters. The molecule has 0 fully saturated rings. The zero-order valence-corrected chi connectivity index (χ0v) is 13.9. The van der Waals surface area contributed by atoms with E-state index in [1.165, 1.54) is 11.8 Å². The van der Waals surface area contributed by atoms with Gasteiger partial charge in [-0.15, -0.1) is 0 Å². The van der Waals surface area contributed by atoms with Gasteiger partial charge in [0.25, 0.3) is 5.91 Å². The second-order valence-electron chi connectivity index (χ2n) is 5.15. The number of nitrogens with one attached hydrogen (secondary N) is 1. The van der Waals surface area contributed by atoms with Crippen LogP contribution in [0.1, 0.15) is 5.56 Å². The van der Waals surface area contributed by atoms with Gasteiger partial charge in [0.2, 0.25) is 0 Å². The maximum Gasteiger partial charge on any atom is 0.256 e. The van der Waals surface area contributed by atoms with E-state index in [0.717, 1.165) is 16.1 Å². The van der Waals surface area contributed by atoms with Gasteiger partial charge in [0, 0.05) is 10.6 Å². The number of hydrogen-bond donors (Lipinski definition) is 1. The fourth-order valence-corrected chi connectivity index (χ4v) is 3.03. The summed E-state index contributed by atoms with van der Waals surface area (Å²) in [6.07, 6.45) is 0. The molecular formula is C21H17NOS. The molecule has 0 bridgehead atoms. The molecule has 1 amide bonds. The number of carbonyl (C=O) groups excluding carboxylic acids is 1. The average molecular weight is 331 g/mol. The first kappa shape index (κ1) is 16.1. The third kappa shape index (κ3) is 4.37. The van der Waals surface area contributed by atoms with Gasteiger partial charge >= 0.3 is 0 Å². The predicted octanol–water partition coefficient (Wildman–Crippen LogP) is 5.46. The molecule has 3 rings (SSSR count). The molecule has 2 nitrogen and oxygen atoms in total. The van der Waals surface area contributed by atoms with Crippen LogP contribution in [0.5, 0.6) is 0 Å². The molecule has 24 heavy (non-hydrogen) atoms. The Kier molecular flexibility index (Phi) is 5.48. The van der Waals surface area contributed by atoms with Gasteiger partial charge in [-0.1, -0.05) is 78.5 Å². The largest absolute Gasteiger partial charge is 0.322 e. The Morgan fingerprint density at radius 1 is 0.750 bits per heavy atom. The first-order valence-corrected chi connectivity index (χ1v) is 8.54. The smallest absolute Gasteiger partial charge is 0.256 e. The zero-order valence-electron chi connectivity index (χ0n) is 13.1. The Balaban J connectivity index is 1.86. The normalized spacial score (nSPS) is 11.1. The maximum absolute atomic E-state index is 12.7. The van der Waals surface area contributed by atoms with Gasteiger partial charge in [-0.25, -0.2) is 0 Å². The standard InChI is InChI=1S/C21H17NOS/c23-21(22-18-12-6-2-7-13-18)20(17-10-4-1-5-11-17)16-24-19-14-8-3-9-15-19/h1-16H,(H,22,23)/b20-16+. The van der Waals surface area contributed by atoms with Crippen LogP contribution < -0.4 is 5.32 Å². The van der Waals surface area contributed by atoms with E-state index in [9.17, 15) is 4.79 Å². The summed E-state index contributed by atoms with van der Waals surface area (Å²) in [5, 5.41) is 4.86. The third-order valence-electron chi connectivity index (χ3n) is 3.42. The van der Waals surface area contributed by atoms with E-state index in [1.54, 1.807) is 0 Å². The number of benzene rings is 3. The quantitative estimate of drug-likeness (QED) is 0.497. The molecular weight excluding hydrogens is 314 g/mol. The predicted molar refractivity (Wildman–Crippen MR) is 102 cm³/mol. The monoisotopic (exact) mass is 331 g/mol. The van der Waals surface area contributed by atoms with Crippen LogP contribution in [0, 0.1) is 0 Å². The summed E-state index contributed by atoms with van der Waals surface area (Å²) in [6.45, 7) is 0. The highest BCUT2D eigenvalue weighted by Gasteiger charge is 2.12. The first-order valence-electron chi connectivity index (χ1n) is 7.66. The van der Waals surface area contributed by atoms with Crippen LogP contribution >= 0.6 is 11.8 Å². The molecule has 0 unspecified atom stereocenters. The number of thioether (sulfide) groups is 1. The number of para-hydroxylation sites is 1. The zero-order chi connectivity index (χ0) is 16.6. The Hall–Kier alpha value is -2.78. The molecule has 1 N–H and O–H groups in total. The van der Waals surface area contributed by atoms with Crippen molar-refractivity contribution in [2.24, 2.45) is 0 Å². The molecule has 0 spiro atoms. The van der Waals surface area contributed by atoms with Crippen LogP contribution in [0.15, 0.2) is 101 Å². The Labute approximate surface area is 146 Å². The summed E-state index contributed by atoms with van der Waals surface area (Å²) >= 11 is 1.54. The van der Waals surface area contributed by atoms with E-state index in [4.69, 9.17) is 0 Å². The summed E-state index contributed by atoms with van der Waals surface area (Å²) in [5.74, 6) is -0.115. The Morgan fingerprint density at radius 3 is 1.92 bits per heavy atom. The molecule has 0 heterocycles. The lowest BCUT2D eigenvalue weighted by Crippen LogP contribution is -2.13.